The van der Waals surface area contributed by atoms with E-state index in [2.05, 4.69) is 396 Å². The van der Waals surface area contributed by atoms with E-state index < -0.39 is 0 Å². The predicted molar refractivity (Wildman–Crippen MR) is 582 cm³/mol. The van der Waals surface area contributed by atoms with E-state index in [4.69, 9.17) is 22.1 Å². The third kappa shape index (κ3) is 15.8. The molecule has 10 aromatic carbocycles. The number of benzene rings is 10. The van der Waals surface area contributed by atoms with Crippen LogP contribution in [0.3, 0.4) is 0 Å². The number of furan rings is 5. The summed E-state index contributed by atoms with van der Waals surface area (Å²) in [4.78, 5) is 22.5. The highest BCUT2D eigenvalue weighted by Gasteiger charge is 2.34. The molecule has 2 saturated carbocycles. The van der Waals surface area contributed by atoms with Crippen LogP contribution in [0.4, 0.5) is 0 Å². The Hall–Kier alpha value is -16.0. The maximum atomic E-state index is 6.44. The van der Waals surface area contributed by atoms with Crippen LogP contribution >= 0.6 is 0 Å². The van der Waals surface area contributed by atoms with Crippen LogP contribution in [0, 0.1) is 41.5 Å². The predicted octanol–water partition coefficient (Wildman–Crippen LogP) is 30.5. The van der Waals surface area contributed by atoms with Gasteiger partial charge in [0.05, 0.1) is 27.8 Å². The summed E-state index contributed by atoms with van der Waals surface area (Å²) in [5.41, 5.74) is 32.9. The first-order chi connectivity index (χ1) is 69.6. The molecule has 0 spiro atoms. The number of aryl methyl sites for hydroxylation is 12. The van der Waals surface area contributed by atoms with Gasteiger partial charge in [-0.2, -0.15) is 0 Å². The minimum Gasteiger partial charge on any atom is -0.437 e. The molecule has 15 aromatic heterocycles. The molecule has 0 unspecified atom stereocenters. The van der Waals surface area contributed by atoms with Gasteiger partial charge in [-0.15, -0.1) is 0 Å². The second-order valence-corrected chi connectivity index (χ2v) is 40.5. The largest absolute Gasteiger partial charge is 0.437 e. The van der Waals surface area contributed by atoms with Gasteiger partial charge in [-0.25, -0.2) is 47.8 Å². The number of nitrogens with zero attached hydrogens (tertiary/aromatic N) is 10. The molecular formula is C128H117N10O5+5. The van der Waals surface area contributed by atoms with Crippen LogP contribution in [0.5, 0.6) is 0 Å². The Labute approximate surface area is 831 Å². The fourth-order valence-electron chi connectivity index (χ4n) is 23.4. The molecule has 25 aromatic rings. The maximum absolute atomic E-state index is 6.44. The zero-order chi connectivity index (χ0) is 97.9. The summed E-state index contributed by atoms with van der Waals surface area (Å²) in [6, 6.07) is 86.1. The summed E-state index contributed by atoms with van der Waals surface area (Å²) < 4.78 is 42.9. The van der Waals surface area contributed by atoms with Gasteiger partial charge in [0.2, 0.25) is 57.0 Å². The van der Waals surface area contributed by atoms with Gasteiger partial charge in [0.1, 0.15) is 35.2 Å². The number of aromatic nitrogens is 10. The number of rotatable bonds is 8. The molecule has 2 fully saturated rings. The number of hydrogen-bond donors (Lipinski definition) is 0. The number of pyridine rings is 10. The fourth-order valence-corrected chi connectivity index (χ4v) is 23.4. The highest BCUT2D eigenvalue weighted by molar-refractivity contribution is 6.28. The van der Waals surface area contributed by atoms with Crippen LogP contribution in [0.25, 0.3) is 220 Å². The Bertz CT molecular complexity index is 9420. The maximum Gasteiger partial charge on any atom is 0.227 e. The fraction of sp³-hybridized carbons (Fsp3) is 0.219. The van der Waals surface area contributed by atoms with Crippen molar-refractivity contribution in [2.75, 3.05) is 0 Å². The molecule has 0 atom stereocenters. The average Bonchev–Trinajstić information content (AvgIpc) is 1.62. The average molecular weight is 1880 g/mol. The lowest BCUT2D eigenvalue weighted by atomic mass is 9.83. The molecule has 143 heavy (non-hydrogen) atoms. The molecule has 704 valence electrons. The lowest BCUT2D eigenvalue weighted by molar-refractivity contribution is -0.660. The minimum atomic E-state index is 0.0717. The molecule has 0 bridgehead atoms. The molecule has 0 aliphatic heterocycles. The second kappa shape index (κ2) is 36.9. The lowest BCUT2D eigenvalue weighted by Gasteiger charge is -2.22. The Morgan fingerprint density at radius 2 is 0.538 bits per heavy atom. The molecule has 15 heteroatoms. The van der Waals surface area contributed by atoms with Crippen LogP contribution in [0.2, 0.25) is 0 Å². The van der Waals surface area contributed by atoms with Crippen molar-refractivity contribution >= 4 is 164 Å². The van der Waals surface area contributed by atoms with Gasteiger partial charge in [0.15, 0.2) is 58.9 Å². The van der Waals surface area contributed by atoms with Crippen molar-refractivity contribution in [1.82, 2.24) is 24.9 Å². The van der Waals surface area contributed by atoms with E-state index >= 15 is 0 Å². The van der Waals surface area contributed by atoms with Crippen LogP contribution in [-0.2, 0) is 47.1 Å². The highest BCUT2D eigenvalue weighted by Crippen LogP contribution is 2.51. The number of hydrogen-bond acceptors (Lipinski definition) is 10. The van der Waals surface area contributed by atoms with Crippen LogP contribution in [-0.4, -0.2) is 24.9 Å². The van der Waals surface area contributed by atoms with Crippen molar-refractivity contribution in [3.63, 3.8) is 0 Å². The number of fused-ring (bicyclic) bond motifs is 25. The Morgan fingerprint density at radius 3 is 0.832 bits per heavy atom. The van der Waals surface area contributed by atoms with E-state index in [9.17, 15) is 0 Å². The molecule has 2 aliphatic carbocycles. The van der Waals surface area contributed by atoms with Gasteiger partial charge in [0, 0.05) is 145 Å². The second-order valence-electron chi connectivity index (χ2n) is 40.5. The topological polar surface area (TPSA) is 150 Å². The smallest absolute Gasteiger partial charge is 0.227 e. The molecule has 0 N–H and O–H groups in total. The van der Waals surface area contributed by atoms with Crippen molar-refractivity contribution in [3.8, 4) is 56.3 Å². The van der Waals surface area contributed by atoms with Gasteiger partial charge < -0.3 is 22.1 Å². The summed E-state index contributed by atoms with van der Waals surface area (Å²) in [7, 11) is 10.6. The quantitative estimate of drug-likeness (QED) is 0.135. The van der Waals surface area contributed by atoms with Crippen LogP contribution < -0.4 is 22.8 Å². The molecule has 0 amide bonds. The normalized spacial score (nSPS) is 13.3. The first-order valence-electron chi connectivity index (χ1n) is 50.5. The van der Waals surface area contributed by atoms with Crippen molar-refractivity contribution < 1.29 is 44.9 Å². The van der Waals surface area contributed by atoms with Gasteiger partial charge in [-0.3, -0.25) is 0 Å². The first kappa shape index (κ1) is 90.8. The molecule has 15 heterocycles. The zero-order valence-electron chi connectivity index (χ0n) is 84.1. The minimum absolute atomic E-state index is 0.0717. The molecule has 2 aliphatic rings. The highest BCUT2D eigenvalue weighted by atomic mass is 16.4. The van der Waals surface area contributed by atoms with Gasteiger partial charge in [0.25, 0.3) is 0 Å². The molecule has 0 saturated heterocycles. The molecular weight excluding hydrogens is 1760 g/mol. The summed E-state index contributed by atoms with van der Waals surface area (Å²) in [5.74, 6) is 1.35. The van der Waals surface area contributed by atoms with Crippen LogP contribution in [0.1, 0.15) is 153 Å². The van der Waals surface area contributed by atoms with E-state index in [0.717, 1.165) is 111 Å². The van der Waals surface area contributed by atoms with E-state index in [1.807, 2.05) is 36.5 Å². The van der Waals surface area contributed by atoms with Crippen molar-refractivity contribution in [2.24, 2.45) is 35.2 Å². The first-order valence-corrected chi connectivity index (χ1v) is 50.5. The van der Waals surface area contributed by atoms with Gasteiger partial charge in [-0.05, 0) is 262 Å². The molecule has 0 radical (unpaired) electrons. The standard InChI is InChI=1S/C28H27N2O.C27H25N2O.C26H25N2O.C24H21N2O.C23H19N2O/c1-18-21-11-6-7-12-22(21)26-23-13-8-15-29-28(23)31-27(26)25(18)24-17-20(14-16-30(24)2)19-9-4-3-5-10-19;1-17-20-10-5-6-11-21(20)25-22-12-7-14-28-27(22)30-26(25)24(17)23-16-19(13-15-29(23)2)18-8-3-4-9-18;1-16-18-9-6-7-10-19(18)23-20-11-8-13-27-25(20)29-24(23)22(16)21-15-17(26(2,3)4)12-14-28(21)5;1-4-16-11-12-20(26(3)14-16)21-15(2)17-8-5-6-9-18(17)22-19-10-7-13-25-24(19)27-23(21)22;1-14-10-11-19(25(3)13-14)20-15(2)16-7-4-5-8-17(16)21-18-9-6-12-24-23(18)26-22(20)21/h6-8,11-17,19H,3-5,9-10H2,1-2H3;5-7,10-16,18H,3-4,8-9H2,1-2H3;6-15H,1-5H3;5-14H,4H2,1-3H3;4-13H,1-3H3/q5*+1. The lowest BCUT2D eigenvalue weighted by Crippen LogP contribution is -2.32. The summed E-state index contributed by atoms with van der Waals surface area (Å²) in [6.45, 7) is 22.0. The SMILES string of the molecule is CCc1ccc(-c2c(C)c3ccccc3c3c2oc2ncccc23)[n+](C)c1.Cc1c(-c2cc(C(C)(C)C)cc[n+]2C)c2oc3ncccc3c2c2ccccc12.Cc1c(-c2cc(C3CCCC3)cc[n+]2C)c2oc3ncccc3c2c2ccccc12.Cc1c(-c2cc(C3CCCCC3)cc[n+]2C)c2oc3ncccc3c2c2ccccc12.Cc1ccc(-c2c(C)c3ccccc3c3c2oc2ncccc23)[n+](C)c1. The Balaban J connectivity index is 0.0000000993. The molecule has 15 nitrogen and oxygen atoms in total. The van der Waals surface area contributed by atoms with Crippen molar-refractivity contribution in [1.29, 1.82) is 0 Å². The Kier molecular flexibility index (Phi) is 23.4. The van der Waals surface area contributed by atoms with E-state index in [-0.39, 0.29) is 5.41 Å². The summed E-state index contributed by atoms with van der Waals surface area (Å²) in [5, 5.41) is 23.6. The zero-order valence-corrected chi connectivity index (χ0v) is 84.1. The van der Waals surface area contributed by atoms with Gasteiger partial charge in [-0.1, -0.05) is 181 Å². The van der Waals surface area contributed by atoms with Gasteiger partial charge >= 0.3 is 0 Å². The molecule has 27 rings (SSSR count). The Morgan fingerprint density at radius 1 is 0.273 bits per heavy atom. The monoisotopic (exact) mass is 1870 g/mol. The van der Waals surface area contributed by atoms with Crippen molar-refractivity contribution in [3.05, 3.63) is 360 Å². The van der Waals surface area contributed by atoms with Crippen molar-refractivity contribution in [2.45, 2.75) is 151 Å². The summed E-state index contributed by atoms with van der Waals surface area (Å²) in [6.07, 6.45) is 32.9. The third-order valence-electron chi connectivity index (χ3n) is 30.8. The third-order valence-corrected chi connectivity index (χ3v) is 30.8. The summed E-state index contributed by atoms with van der Waals surface area (Å²) >= 11 is 0. The van der Waals surface area contributed by atoms with Crippen LogP contribution in [0.15, 0.2) is 327 Å². The van der Waals surface area contributed by atoms with E-state index in [0.29, 0.717) is 40.4 Å². The van der Waals surface area contributed by atoms with E-state index in [1.54, 1.807) is 24.8 Å². The van der Waals surface area contributed by atoms with E-state index in [1.165, 1.54) is 201 Å².